The lowest BCUT2D eigenvalue weighted by Crippen LogP contribution is -2.29. The van der Waals surface area contributed by atoms with Gasteiger partial charge in [-0.3, -0.25) is 0 Å². The fourth-order valence-electron chi connectivity index (χ4n) is 1.79. The SMILES string of the molecule is COCCC(C)NC(C)c1ccc(O)cc1O. The molecular formula is C13H21NO3. The highest BCUT2D eigenvalue weighted by Gasteiger charge is 2.13. The summed E-state index contributed by atoms with van der Waals surface area (Å²) >= 11 is 0. The molecule has 0 saturated heterocycles. The normalized spacial score (nSPS) is 14.5. The van der Waals surface area contributed by atoms with Gasteiger partial charge in [-0.25, -0.2) is 0 Å². The minimum atomic E-state index is 0.0301. The number of phenolic OH excluding ortho intramolecular Hbond substituents is 2. The van der Waals surface area contributed by atoms with Gasteiger partial charge in [0.1, 0.15) is 11.5 Å². The number of hydrogen-bond acceptors (Lipinski definition) is 4. The van der Waals surface area contributed by atoms with Crippen molar-refractivity contribution in [2.24, 2.45) is 0 Å². The summed E-state index contributed by atoms with van der Waals surface area (Å²) in [6.07, 6.45) is 0.916. The Morgan fingerprint density at radius 1 is 1.29 bits per heavy atom. The van der Waals surface area contributed by atoms with Gasteiger partial charge in [0.2, 0.25) is 0 Å². The molecular weight excluding hydrogens is 218 g/mol. The van der Waals surface area contributed by atoms with E-state index in [1.165, 1.54) is 6.07 Å². The Kier molecular flexibility index (Phi) is 5.25. The Hall–Kier alpha value is -1.26. The van der Waals surface area contributed by atoms with Crippen LogP contribution in [0, 0.1) is 0 Å². The zero-order valence-corrected chi connectivity index (χ0v) is 10.6. The molecule has 0 aromatic heterocycles. The summed E-state index contributed by atoms with van der Waals surface area (Å²) in [6, 6.07) is 4.99. The largest absolute Gasteiger partial charge is 0.508 e. The third-order valence-corrected chi connectivity index (χ3v) is 2.77. The minimum Gasteiger partial charge on any atom is -0.508 e. The highest BCUT2D eigenvalue weighted by molar-refractivity contribution is 5.40. The van der Waals surface area contributed by atoms with Crippen LogP contribution in [-0.4, -0.2) is 30.0 Å². The van der Waals surface area contributed by atoms with Crippen LogP contribution in [0.5, 0.6) is 11.5 Å². The molecule has 17 heavy (non-hydrogen) atoms. The first-order valence-electron chi connectivity index (χ1n) is 5.81. The molecule has 0 aliphatic carbocycles. The van der Waals surface area contributed by atoms with E-state index in [0.717, 1.165) is 12.0 Å². The molecule has 2 atom stereocenters. The number of methoxy groups -OCH3 is 1. The zero-order valence-electron chi connectivity index (χ0n) is 10.6. The van der Waals surface area contributed by atoms with Crippen LogP contribution in [-0.2, 0) is 4.74 Å². The molecule has 3 N–H and O–H groups in total. The van der Waals surface area contributed by atoms with Gasteiger partial charge in [-0.1, -0.05) is 6.07 Å². The van der Waals surface area contributed by atoms with E-state index in [2.05, 4.69) is 12.2 Å². The molecule has 0 bridgehead atoms. The molecule has 0 amide bonds. The van der Waals surface area contributed by atoms with Gasteiger partial charge >= 0.3 is 0 Å². The van der Waals surface area contributed by atoms with Gasteiger partial charge in [-0.15, -0.1) is 0 Å². The van der Waals surface area contributed by atoms with E-state index in [1.54, 1.807) is 19.2 Å². The Morgan fingerprint density at radius 3 is 2.59 bits per heavy atom. The first-order valence-corrected chi connectivity index (χ1v) is 5.81. The van der Waals surface area contributed by atoms with Crippen molar-refractivity contribution in [1.82, 2.24) is 5.32 Å². The van der Waals surface area contributed by atoms with E-state index in [1.807, 2.05) is 6.92 Å². The molecule has 1 rings (SSSR count). The minimum absolute atomic E-state index is 0.0301. The van der Waals surface area contributed by atoms with Crippen LogP contribution >= 0.6 is 0 Å². The van der Waals surface area contributed by atoms with E-state index in [4.69, 9.17) is 4.74 Å². The molecule has 0 heterocycles. The second-order valence-corrected chi connectivity index (χ2v) is 4.31. The van der Waals surface area contributed by atoms with Crippen molar-refractivity contribution in [2.75, 3.05) is 13.7 Å². The van der Waals surface area contributed by atoms with Crippen molar-refractivity contribution >= 4 is 0 Å². The summed E-state index contributed by atoms with van der Waals surface area (Å²) in [5, 5.41) is 22.3. The first kappa shape index (κ1) is 13.8. The summed E-state index contributed by atoms with van der Waals surface area (Å²) in [5.41, 5.74) is 0.784. The van der Waals surface area contributed by atoms with E-state index < -0.39 is 0 Å². The second kappa shape index (κ2) is 6.47. The number of rotatable bonds is 6. The molecule has 0 fully saturated rings. The van der Waals surface area contributed by atoms with Crippen LogP contribution in [0.3, 0.4) is 0 Å². The van der Waals surface area contributed by atoms with Gasteiger partial charge < -0.3 is 20.3 Å². The van der Waals surface area contributed by atoms with Gasteiger partial charge in [-0.2, -0.15) is 0 Å². The Balaban J connectivity index is 2.60. The van der Waals surface area contributed by atoms with Crippen molar-refractivity contribution in [1.29, 1.82) is 0 Å². The van der Waals surface area contributed by atoms with Crippen LogP contribution in [0.2, 0.25) is 0 Å². The highest BCUT2D eigenvalue weighted by atomic mass is 16.5. The van der Waals surface area contributed by atoms with Crippen LogP contribution in [0.25, 0.3) is 0 Å². The average Bonchev–Trinajstić information content (AvgIpc) is 2.26. The number of benzene rings is 1. The van der Waals surface area contributed by atoms with Crippen molar-refractivity contribution in [3.63, 3.8) is 0 Å². The monoisotopic (exact) mass is 239 g/mol. The number of ether oxygens (including phenoxy) is 1. The van der Waals surface area contributed by atoms with Crippen LogP contribution in [0.1, 0.15) is 31.9 Å². The summed E-state index contributed by atoms with van der Waals surface area (Å²) in [6.45, 7) is 4.77. The summed E-state index contributed by atoms with van der Waals surface area (Å²) in [5.74, 6) is 0.190. The summed E-state index contributed by atoms with van der Waals surface area (Å²) < 4.78 is 5.02. The first-order chi connectivity index (χ1) is 8.04. The van der Waals surface area contributed by atoms with Crippen LogP contribution < -0.4 is 5.32 Å². The Labute approximate surface area is 102 Å². The third kappa shape index (κ3) is 4.24. The van der Waals surface area contributed by atoms with Crippen molar-refractivity contribution < 1.29 is 14.9 Å². The van der Waals surface area contributed by atoms with Gasteiger partial charge in [0, 0.05) is 37.4 Å². The lowest BCUT2D eigenvalue weighted by Gasteiger charge is -2.21. The molecule has 96 valence electrons. The van der Waals surface area contributed by atoms with Gasteiger partial charge in [0.25, 0.3) is 0 Å². The van der Waals surface area contributed by atoms with Gasteiger partial charge in [0.15, 0.2) is 0 Å². The maximum absolute atomic E-state index is 9.73. The zero-order chi connectivity index (χ0) is 12.8. The van der Waals surface area contributed by atoms with Gasteiger partial charge in [0.05, 0.1) is 0 Å². The molecule has 4 heteroatoms. The van der Waals surface area contributed by atoms with Crippen molar-refractivity contribution in [3.05, 3.63) is 23.8 Å². The second-order valence-electron chi connectivity index (χ2n) is 4.31. The predicted molar refractivity (Wildman–Crippen MR) is 67.3 cm³/mol. The molecule has 1 aromatic rings. The van der Waals surface area contributed by atoms with E-state index in [9.17, 15) is 10.2 Å². The lowest BCUT2D eigenvalue weighted by atomic mass is 10.1. The average molecular weight is 239 g/mol. The van der Waals surface area contributed by atoms with Crippen LogP contribution in [0.15, 0.2) is 18.2 Å². The molecule has 0 aliphatic rings. The molecule has 2 unspecified atom stereocenters. The summed E-state index contributed by atoms with van der Waals surface area (Å²) in [4.78, 5) is 0. The summed E-state index contributed by atoms with van der Waals surface area (Å²) in [7, 11) is 1.68. The molecule has 0 spiro atoms. The number of phenols is 2. The molecule has 1 aromatic carbocycles. The topological polar surface area (TPSA) is 61.7 Å². The number of aromatic hydroxyl groups is 2. The molecule has 4 nitrogen and oxygen atoms in total. The third-order valence-electron chi connectivity index (χ3n) is 2.77. The Morgan fingerprint density at radius 2 is 2.00 bits per heavy atom. The Bertz CT molecular complexity index is 355. The van der Waals surface area contributed by atoms with E-state index in [0.29, 0.717) is 12.6 Å². The fourth-order valence-corrected chi connectivity index (χ4v) is 1.79. The fraction of sp³-hybridized carbons (Fsp3) is 0.538. The smallest absolute Gasteiger partial charge is 0.124 e. The quantitative estimate of drug-likeness (QED) is 0.712. The lowest BCUT2D eigenvalue weighted by molar-refractivity contribution is 0.183. The predicted octanol–water partition coefficient (Wildman–Crippen LogP) is 2.17. The van der Waals surface area contributed by atoms with E-state index >= 15 is 0 Å². The maximum Gasteiger partial charge on any atom is 0.124 e. The van der Waals surface area contributed by atoms with Crippen molar-refractivity contribution in [3.8, 4) is 11.5 Å². The number of hydrogen-bond donors (Lipinski definition) is 3. The standard InChI is InChI=1S/C13H21NO3/c1-9(6-7-17-3)14-10(2)12-5-4-11(15)8-13(12)16/h4-5,8-10,14-16H,6-7H2,1-3H3. The van der Waals surface area contributed by atoms with Crippen molar-refractivity contribution in [2.45, 2.75) is 32.4 Å². The molecule has 0 radical (unpaired) electrons. The molecule has 0 aliphatic heterocycles. The van der Waals surface area contributed by atoms with Gasteiger partial charge in [-0.05, 0) is 26.3 Å². The molecule has 0 saturated carbocycles. The highest BCUT2D eigenvalue weighted by Crippen LogP contribution is 2.27. The van der Waals surface area contributed by atoms with E-state index in [-0.39, 0.29) is 17.5 Å². The maximum atomic E-state index is 9.73. The van der Waals surface area contributed by atoms with Crippen LogP contribution in [0.4, 0.5) is 0 Å². The number of nitrogens with one attached hydrogen (secondary N) is 1.